The van der Waals surface area contributed by atoms with Gasteiger partial charge in [-0.3, -0.25) is 9.40 Å². The van der Waals surface area contributed by atoms with Gasteiger partial charge in [0.15, 0.2) is 5.75 Å². The molecule has 0 unspecified atom stereocenters. The molecule has 7 heteroatoms. The van der Waals surface area contributed by atoms with Crippen LogP contribution in [0.1, 0.15) is 0 Å². The van der Waals surface area contributed by atoms with Crippen LogP contribution in [0.15, 0.2) is 12.4 Å². The van der Waals surface area contributed by atoms with Crippen molar-refractivity contribution >= 4 is 15.7 Å². The third-order valence-corrected chi connectivity index (χ3v) is 2.29. The van der Waals surface area contributed by atoms with Crippen LogP contribution in [0.5, 0.6) is 0 Å². The summed E-state index contributed by atoms with van der Waals surface area (Å²) in [7, 11) is -1.87. The average molecular weight is 200 g/mol. The molecule has 0 saturated heterocycles. The van der Waals surface area contributed by atoms with Gasteiger partial charge in [0.05, 0.1) is 18.0 Å². The van der Waals surface area contributed by atoms with Crippen LogP contribution in [0.3, 0.4) is 0 Å². The number of sulfonamides is 1. The zero-order valence-electron chi connectivity index (χ0n) is 6.93. The maximum atomic E-state index is 11.0. The molecule has 13 heavy (non-hydrogen) atoms. The van der Waals surface area contributed by atoms with Crippen LogP contribution in [-0.4, -0.2) is 24.0 Å². The molecule has 1 aromatic rings. The Hall–Kier alpha value is -1.55. The zero-order chi connectivity index (χ0) is 9.90. The highest BCUT2D eigenvalue weighted by Crippen LogP contribution is 2.05. The van der Waals surface area contributed by atoms with Crippen molar-refractivity contribution in [1.82, 2.24) is 9.78 Å². The van der Waals surface area contributed by atoms with Crippen LogP contribution in [0.25, 0.3) is 0 Å². The molecule has 1 heterocycles. The summed E-state index contributed by atoms with van der Waals surface area (Å²) in [6.45, 7) is 0. The summed E-state index contributed by atoms with van der Waals surface area (Å²) in [6, 6.07) is 1.56. The Bertz CT molecular complexity index is 428. The average Bonchev–Trinajstić information content (AvgIpc) is 2.34. The van der Waals surface area contributed by atoms with Crippen molar-refractivity contribution < 1.29 is 8.42 Å². The predicted octanol–water partition coefficient (Wildman–Crippen LogP) is -0.315. The van der Waals surface area contributed by atoms with Crippen molar-refractivity contribution in [2.75, 3.05) is 10.5 Å². The smallest absolute Gasteiger partial charge is 0.246 e. The Labute approximate surface area is 75.8 Å². The van der Waals surface area contributed by atoms with Crippen LogP contribution in [0.2, 0.25) is 0 Å². The lowest BCUT2D eigenvalue weighted by atomic mass is 10.6. The normalized spacial score (nSPS) is 10.8. The van der Waals surface area contributed by atoms with E-state index in [4.69, 9.17) is 5.26 Å². The largest absolute Gasteiger partial charge is 0.279 e. The van der Waals surface area contributed by atoms with Gasteiger partial charge in [-0.2, -0.15) is 10.4 Å². The van der Waals surface area contributed by atoms with Gasteiger partial charge in [-0.15, -0.1) is 0 Å². The number of aryl methyl sites for hydroxylation is 1. The summed E-state index contributed by atoms with van der Waals surface area (Å²) in [6.07, 6.45) is 2.88. The molecule has 0 aromatic carbocycles. The predicted molar refractivity (Wildman–Crippen MR) is 46.2 cm³/mol. The van der Waals surface area contributed by atoms with Crippen LogP contribution >= 0.6 is 0 Å². The van der Waals surface area contributed by atoms with Gasteiger partial charge in [-0.25, -0.2) is 8.42 Å². The number of nitrogens with one attached hydrogen (secondary N) is 1. The van der Waals surface area contributed by atoms with E-state index in [1.54, 1.807) is 13.1 Å². The Balaban J connectivity index is 2.76. The molecule has 0 aliphatic heterocycles. The zero-order valence-corrected chi connectivity index (χ0v) is 7.74. The van der Waals surface area contributed by atoms with Gasteiger partial charge >= 0.3 is 0 Å². The summed E-state index contributed by atoms with van der Waals surface area (Å²) in [4.78, 5) is 0. The minimum atomic E-state index is -3.54. The van der Waals surface area contributed by atoms with Gasteiger partial charge in [0.2, 0.25) is 10.0 Å². The van der Waals surface area contributed by atoms with E-state index in [-0.39, 0.29) is 0 Å². The number of rotatable bonds is 3. The van der Waals surface area contributed by atoms with E-state index in [9.17, 15) is 8.42 Å². The van der Waals surface area contributed by atoms with Crippen LogP contribution < -0.4 is 4.72 Å². The molecule has 6 nitrogen and oxygen atoms in total. The van der Waals surface area contributed by atoms with E-state index in [1.165, 1.54) is 17.1 Å². The van der Waals surface area contributed by atoms with Crippen LogP contribution in [-0.2, 0) is 17.1 Å². The van der Waals surface area contributed by atoms with Gasteiger partial charge in [-0.1, -0.05) is 0 Å². The standard InChI is InChI=1S/C6H8N4O2S/c1-10-5-6(4-8-10)9-13(11,12)3-2-7/h4-5,9H,3H2,1H3. The molecular formula is C6H8N4O2S. The first kappa shape index (κ1) is 9.54. The molecule has 1 rings (SSSR count). The first-order valence-electron chi connectivity index (χ1n) is 3.39. The minimum Gasteiger partial charge on any atom is -0.279 e. The van der Waals surface area contributed by atoms with Crippen molar-refractivity contribution in [3.8, 4) is 6.07 Å². The Kier molecular flexibility index (Phi) is 2.53. The molecule has 1 aromatic heterocycles. The Morgan fingerprint density at radius 2 is 2.46 bits per heavy atom. The highest BCUT2D eigenvalue weighted by molar-refractivity contribution is 7.92. The van der Waals surface area contributed by atoms with E-state index >= 15 is 0 Å². The molecule has 0 saturated carbocycles. The topological polar surface area (TPSA) is 87.8 Å². The van der Waals surface area contributed by atoms with Gasteiger partial charge in [-0.05, 0) is 0 Å². The van der Waals surface area contributed by atoms with E-state index in [0.29, 0.717) is 5.69 Å². The lowest BCUT2D eigenvalue weighted by molar-refractivity contribution is 0.604. The molecule has 0 aliphatic carbocycles. The van der Waals surface area contributed by atoms with Crippen molar-refractivity contribution in [3.63, 3.8) is 0 Å². The van der Waals surface area contributed by atoms with Gasteiger partial charge in [0, 0.05) is 13.2 Å². The SMILES string of the molecule is Cn1cc(NS(=O)(=O)CC#N)cn1. The molecular weight excluding hydrogens is 192 g/mol. The molecule has 0 bridgehead atoms. The minimum absolute atomic E-state index is 0.359. The van der Waals surface area contributed by atoms with Crippen molar-refractivity contribution in [2.45, 2.75) is 0 Å². The number of hydrogen-bond donors (Lipinski definition) is 1. The van der Waals surface area contributed by atoms with E-state index in [1.807, 2.05) is 0 Å². The fourth-order valence-electron chi connectivity index (χ4n) is 0.775. The van der Waals surface area contributed by atoms with Crippen LogP contribution in [0, 0.1) is 11.3 Å². The Morgan fingerprint density at radius 1 is 1.77 bits per heavy atom. The monoisotopic (exact) mass is 200 g/mol. The van der Waals surface area contributed by atoms with E-state index < -0.39 is 15.8 Å². The first-order valence-corrected chi connectivity index (χ1v) is 5.05. The van der Waals surface area contributed by atoms with Crippen LogP contribution in [0.4, 0.5) is 5.69 Å². The molecule has 0 aliphatic rings. The molecule has 1 N–H and O–H groups in total. The number of nitrogens with zero attached hydrogens (tertiary/aromatic N) is 3. The fraction of sp³-hybridized carbons (Fsp3) is 0.333. The number of aromatic nitrogens is 2. The second-order valence-corrected chi connectivity index (χ2v) is 4.14. The molecule has 0 atom stereocenters. The molecule has 0 spiro atoms. The third-order valence-electron chi connectivity index (χ3n) is 1.23. The van der Waals surface area contributed by atoms with Gasteiger partial charge in [0.1, 0.15) is 0 Å². The number of hydrogen-bond acceptors (Lipinski definition) is 4. The fourth-order valence-corrected chi connectivity index (χ4v) is 1.48. The quantitative estimate of drug-likeness (QED) is 0.724. The highest BCUT2D eigenvalue weighted by Gasteiger charge is 2.09. The summed E-state index contributed by atoms with van der Waals surface area (Å²) in [5, 5.41) is 12.0. The Morgan fingerprint density at radius 3 is 2.92 bits per heavy atom. The van der Waals surface area contributed by atoms with Gasteiger partial charge < -0.3 is 0 Å². The highest BCUT2D eigenvalue weighted by atomic mass is 32.2. The summed E-state index contributed by atoms with van der Waals surface area (Å²) in [5.74, 6) is -0.554. The maximum absolute atomic E-state index is 11.0. The third kappa shape index (κ3) is 2.76. The lowest BCUT2D eigenvalue weighted by Crippen LogP contribution is -2.14. The summed E-state index contributed by atoms with van der Waals surface area (Å²) in [5.41, 5.74) is 0.359. The molecule has 0 fully saturated rings. The summed E-state index contributed by atoms with van der Waals surface area (Å²) >= 11 is 0. The van der Waals surface area contributed by atoms with E-state index in [0.717, 1.165) is 0 Å². The van der Waals surface area contributed by atoms with E-state index in [2.05, 4.69) is 9.82 Å². The lowest BCUT2D eigenvalue weighted by Gasteiger charge is -1.99. The molecule has 0 amide bonds. The van der Waals surface area contributed by atoms with Crippen molar-refractivity contribution in [3.05, 3.63) is 12.4 Å². The molecule has 70 valence electrons. The second kappa shape index (κ2) is 3.45. The summed E-state index contributed by atoms with van der Waals surface area (Å²) < 4.78 is 25.7. The number of anilines is 1. The first-order chi connectivity index (χ1) is 6.03. The van der Waals surface area contributed by atoms with Crippen molar-refractivity contribution in [2.24, 2.45) is 7.05 Å². The number of nitriles is 1. The van der Waals surface area contributed by atoms with Crippen molar-refractivity contribution in [1.29, 1.82) is 5.26 Å². The maximum Gasteiger partial charge on any atom is 0.246 e. The second-order valence-electron chi connectivity index (χ2n) is 2.42. The van der Waals surface area contributed by atoms with Gasteiger partial charge in [0.25, 0.3) is 0 Å². The molecule has 0 radical (unpaired) electrons.